The summed E-state index contributed by atoms with van der Waals surface area (Å²) in [7, 11) is 1.62. The fraction of sp³-hybridized carbons (Fsp3) is 0.125. The summed E-state index contributed by atoms with van der Waals surface area (Å²) in [6.45, 7) is 1.84. The Balaban J connectivity index is 2.07. The van der Waals surface area contributed by atoms with Gasteiger partial charge in [-0.2, -0.15) is 5.10 Å². The predicted molar refractivity (Wildman–Crippen MR) is 91.8 cm³/mol. The van der Waals surface area contributed by atoms with Gasteiger partial charge in [-0.15, -0.1) is 0 Å². The number of ether oxygens (including phenoxy) is 1. The second-order valence-electron chi connectivity index (χ2n) is 4.38. The maximum Gasteiger partial charge on any atom is 0.271 e. The zero-order valence-corrected chi connectivity index (χ0v) is 13.9. The molecule has 108 valence electrons. The van der Waals surface area contributed by atoms with Gasteiger partial charge in [-0.05, 0) is 77.5 Å². The average molecular weight is 394 g/mol. The standard InChI is InChI=1S/C16H15IN2O2/c1-11(12-6-8-15(21-2)9-7-12)18-19-16(20)13-4-3-5-14(17)10-13/h3-10H,1-2H3,(H,19,20)/b18-11-. The largest absolute Gasteiger partial charge is 0.497 e. The van der Waals surface area contributed by atoms with E-state index in [2.05, 4.69) is 33.1 Å². The number of nitrogens with zero attached hydrogens (tertiary/aromatic N) is 1. The third-order valence-corrected chi connectivity index (χ3v) is 3.59. The molecule has 0 heterocycles. The Labute approximate surface area is 137 Å². The van der Waals surface area contributed by atoms with Crippen LogP contribution in [-0.2, 0) is 0 Å². The SMILES string of the molecule is COc1ccc(/C(C)=N\NC(=O)c2cccc(I)c2)cc1. The molecule has 1 amide bonds. The highest BCUT2D eigenvalue weighted by Gasteiger charge is 2.05. The molecule has 4 nitrogen and oxygen atoms in total. The molecule has 5 heteroatoms. The second-order valence-corrected chi connectivity index (χ2v) is 5.62. The first-order chi connectivity index (χ1) is 10.1. The van der Waals surface area contributed by atoms with E-state index in [0.29, 0.717) is 5.56 Å². The van der Waals surface area contributed by atoms with Crippen LogP contribution >= 0.6 is 22.6 Å². The molecule has 2 aromatic carbocycles. The maximum absolute atomic E-state index is 12.0. The van der Waals surface area contributed by atoms with Crippen molar-refractivity contribution in [3.63, 3.8) is 0 Å². The van der Waals surface area contributed by atoms with Crippen molar-refractivity contribution in [1.82, 2.24) is 5.43 Å². The number of halogens is 1. The molecule has 0 aromatic heterocycles. The summed E-state index contributed by atoms with van der Waals surface area (Å²) >= 11 is 2.17. The van der Waals surface area contributed by atoms with Gasteiger partial charge in [0.1, 0.15) is 5.75 Å². The van der Waals surface area contributed by atoms with Gasteiger partial charge in [0.2, 0.25) is 0 Å². The Bertz CT molecular complexity index is 666. The zero-order chi connectivity index (χ0) is 15.2. The van der Waals surface area contributed by atoms with Gasteiger partial charge < -0.3 is 4.74 Å². The Morgan fingerprint density at radius 1 is 1.14 bits per heavy atom. The molecule has 0 aliphatic rings. The normalized spacial score (nSPS) is 11.1. The summed E-state index contributed by atoms with van der Waals surface area (Å²) in [5.74, 6) is 0.566. The summed E-state index contributed by atoms with van der Waals surface area (Å²) in [5.41, 5.74) is 4.82. The summed E-state index contributed by atoms with van der Waals surface area (Å²) in [4.78, 5) is 12.0. The van der Waals surface area contributed by atoms with E-state index in [9.17, 15) is 4.79 Å². The van der Waals surface area contributed by atoms with Crippen LogP contribution in [0.1, 0.15) is 22.8 Å². The van der Waals surface area contributed by atoms with Crippen molar-refractivity contribution in [3.8, 4) is 5.75 Å². The molecule has 0 atom stereocenters. The molecule has 2 aromatic rings. The highest BCUT2D eigenvalue weighted by molar-refractivity contribution is 14.1. The van der Waals surface area contributed by atoms with Crippen molar-refractivity contribution in [3.05, 3.63) is 63.2 Å². The summed E-state index contributed by atoms with van der Waals surface area (Å²) in [6.07, 6.45) is 0. The van der Waals surface area contributed by atoms with E-state index in [4.69, 9.17) is 4.74 Å². The number of hydrazone groups is 1. The van der Waals surface area contributed by atoms with E-state index in [1.807, 2.05) is 49.4 Å². The summed E-state index contributed by atoms with van der Waals surface area (Å²) < 4.78 is 6.12. The van der Waals surface area contributed by atoms with Crippen molar-refractivity contribution in [2.75, 3.05) is 7.11 Å². The van der Waals surface area contributed by atoms with Crippen molar-refractivity contribution in [2.45, 2.75) is 6.92 Å². The van der Waals surface area contributed by atoms with Crippen LogP contribution in [0.25, 0.3) is 0 Å². The monoisotopic (exact) mass is 394 g/mol. The topological polar surface area (TPSA) is 50.7 Å². The summed E-state index contributed by atoms with van der Waals surface area (Å²) in [6, 6.07) is 14.9. The lowest BCUT2D eigenvalue weighted by Crippen LogP contribution is -2.19. The molecule has 0 aliphatic heterocycles. The molecule has 0 radical (unpaired) electrons. The van der Waals surface area contributed by atoms with Crippen LogP contribution in [0.4, 0.5) is 0 Å². The third-order valence-electron chi connectivity index (χ3n) is 2.92. The molecule has 21 heavy (non-hydrogen) atoms. The predicted octanol–water partition coefficient (Wildman–Crippen LogP) is 3.45. The van der Waals surface area contributed by atoms with Gasteiger partial charge in [-0.1, -0.05) is 6.07 Å². The van der Waals surface area contributed by atoms with E-state index < -0.39 is 0 Å². The Kier molecular flexibility index (Phi) is 5.32. The van der Waals surface area contributed by atoms with Crippen LogP contribution < -0.4 is 10.2 Å². The smallest absolute Gasteiger partial charge is 0.271 e. The molecule has 2 rings (SSSR count). The van der Waals surface area contributed by atoms with Crippen molar-refractivity contribution in [1.29, 1.82) is 0 Å². The lowest BCUT2D eigenvalue weighted by Gasteiger charge is -2.04. The minimum Gasteiger partial charge on any atom is -0.497 e. The molecule has 0 saturated carbocycles. The molecular formula is C16H15IN2O2. The first-order valence-electron chi connectivity index (χ1n) is 6.35. The number of nitrogens with one attached hydrogen (secondary N) is 1. The summed E-state index contributed by atoms with van der Waals surface area (Å²) in [5, 5.41) is 4.13. The van der Waals surface area contributed by atoms with Crippen LogP contribution in [0, 0.1) is 3.57 Å². The number of hydrogen-bond donors (Lipinski definition) is 1. The number of benzene rings is 2. The fourth-order valence-corrected chi connectivity index (χ4v) is 2.27. The Morgan fingerprint density at radius 2 is 1.86 bits per heavy atom. The van der Waals surface area contributed by atoms with E-state index >= 15 is 0 Å². The molecule has 0 bridgehead atoms. The molecule has 0 unspecified atom stereocenters. The van der Waals surface area contributed by atoms with E-state index in [1.54, 1.807) is 13.2 Å². The van der Waals surface area contributed by atoms with E-state index in [0.717, 1.165) is 20.6 Å². The highest BCUT2D eigenvalue weighted by Crippen LogP contribution is 2.12. The fourth-order valence-electron chi connectivity index (χ4n) is 1.73. The van der Waals surface area contributed by atoms with Gasteiger partial charge in [0.25, 0.3) is 5.91 Å². The molecule has 1 N–H and O–H groups in total. The zero-order valence-electron chi connectivity index (χ0n) is 11.8. The number of carbonyl (C=O) groups is 1. The van der Waals surface area contributed by atoms with Crippen molar-refractivity contribution >= 4 is 34.2 Å². The quantitative estimate of drug-likeness (QED) is 0.491. The third kappa shape index (κ3) is 4.29. The minimum atomic E-state index is -0.221. The first kappa shape index (κ1) is 15.5. The lowest BCUT2D eigenvalue weighted by molar-refractivity contribution is 0.0955. The first-order valence-corrected chi connectivity index (χ1v) is 7.42. The van der Waals surface area contributed by atoms with Gasteiger partial charge >= 0.3 is 0 Å². The molecule has 0 aliphatic carbocycles. The van der Waals surface area contributed by atoms with Crippen molar-refractivity contribution < 1.29 is 9.53 Å². The Hall–Kier alpha value is -1.89. The highest BCUT2D eigenvalue weighted by atomic mass is 127. The van der Waals surface area contributed by atoms with Gasteiger partial charge in [0, 0.05) is 9.13 Å². The van der Waals surface area contributed by atoms with E-state index in [-0.39, 0.29) is 5.91 Å². The Morgan fingerprint density at radius 3 is 2.48 bits per heavy atom. The molecule has 0 saturated heterocycles. The lowest BCUT2D eigenvalue weighted by atomic mass is 10.1. The van der Waals surface area contributed by atoms with Crippen LogP contribution in [0.3, 0.4) is 0 Å². The van der Waals surface area contributed by atoms with Crippen LogP contribution in [0.2, 0.25) is 0 Å². The van der Waals surface area contributed by atoms with E-state index in [1.165, 1.54) is 0 Å². The molecule has 0 spiro atoms. The maximum atomic E-state index is 12.0. The average Bonchev–Trinajstić information content (AvgIpc) is 2.52. The number of hydrogen-bond acceptors (Lipinski definition) is 3. The van der Waals surface area contributed by atoms with Gasteiger partial charge in [-0.3, -0.25) is 4.79 Å². The molecule has 0 fully saturated rings. The van der Waals surface area contributed by atoms with Gasteiger partial charge in [0.05, 0.1) is 12.8 Å². The number of rotatable bonds is 4. The van der Waals surface area contributed by atoms with Gasteiger partial charge in [-0.25, -0.2) is 5.43 Å². The van der Waals surface area contributed by atoms with Crippen LogP contribution in [0.15, 0.2) is 53.6 Å². The number of carbonyl (C=O) groups excluding carboxylic acids is 1. The number of amides is 1. The number of methoxy groups -OCH3 is 1. The van der Waals surface area contributed by atoms with Crippen molar-refractivity contribution in [2.24, 2.45) is 5.10 Å². The van der Waals surface area contributed by atoms with Gasteiger partial charge in [0.15, 0.2) is 0 Å². The van der Waals surface area contributed by atoms with Crippen LogP contribution in [-0.4, -0.2) is 18.7 Å². The second kappa shape index (κ2) is 7.21. The molecular weight excluding hydrogens is 379 g/mol. The minimum absolute atomic E-state index is 0.221. The van der Waals surface area contributed by atoms with Crippen LogP contribution in [0.5, 0.6) is 5.75 Å².